The van der Waals surface area contributed by atoms with Crippen LogP contribution in [0.4, 0.5) is 5.69 Å². The number of amides is 1. The van der Waals surface area contributed by atoms with Gasteiger partial charge in [-0.15, -0.1) is 0 Å². The highest BCUT2D eigenvalue weighted by Crippen LogP contribution is 2.44. The number of aliphatic carboxylic acids is 1. The van der Waals surface area contributed by atoms with Gasteiger partial charge in [0.2, 0.25) is 19.5 Å². The van der Waals surface area contributed by atoms with Gasteiger partial charge in [0.25, 0.3) is 0 Å². The van der Waals surface area contributed by atoms with Crippen LogP contribution in [-0.2, 0) is 22.6 Å². The summed E-state index contributed by atoms with van der Waals surface area (Å²) in [7, 11) is 6.45. The molecule has 3 aromatic rings. The molecule has 250 valence electrons. The summed E-state index contributed by atoms with van der Waals surface area (Å²) in [6, 6.07) is 19.3. The third-order valence-electron chi connectivity index (χ3n) is 9.30. The number of para-hydroxylation sites is 1. The van der Waals surface area contributed by atoms with Crippen LogP contribution in [0.25, 0.3) is 0 Å². The third kappa shape index (κ3) is 7.34. The van der Waals surface area contributed by atoms with Crippen LogP contribution >= 0.6 is 0 Å². The number of carbonyl (C=O) groups is 2. The van der Waals surface area contributed by atoms with Crippen LogP contribution in [0.2, 0.25) is 0 Å². The standard InChI is InChI=1S/C37H45N3O7/c1-5-6-17-39(28-11-7-9-25(18-28)22-40(2,3)4)34(41)21-38-20-29(27-14-16-31-33(19-27)46-23-44-31)35(37(42)43)30(38)15-13-26-10-8-12-32-36(26)47-24-45-32/h7-12,14,16,18-19,29-30,35H,5-6,13,15,17,20-24H2,1-4H3/p+1/t29-,30+,35-/m1/s1. The Morgan fingerprint density at radius 3 is 2.49 bits per heavy atom. The molecule has 3 aromatic carbocycles. The number of hydrogen-bond acceptors (Lipinski definition) is 7. The first kappa shape index (κ1) is 32.7. The summed E-state index contributed by atoms with van der Waals surface area (Å²) in [5.41, 5.74) is 3.89. The number of unbranched alkanes of at least 4 members (excludes halogenated alkanes) is 1. The van der Waals surface area contributed by atoms with Crippen molar-refractivity contribution in [2.24, 2.45) is 5.92 Å². The summed E-state index contributed by atoms with van der Waals surface area (Å²) in [6.07, 6.45) is 2.95. The number of nitrogens with zero attached hydrogens (tertiary/aromatic N) is 3. The molecule has 47 heavy (non-hydrogen) atoms. The van der Waals surface area contributed by atoms with Crippen molar-refractivity contribution in [1.29, 1.82) is 0 Å². The van der Waals surface area contributed by atoms with Crippen molar-refractivity contribution in [2.75, 3.05) is 59.3 Å². The lowest BCUT2D eigenvalue weighted by molar-refractivity contribution is -0.884. The molecule has 10 nitrogen and oxygen atoms in total. The Hall–Kier alpha value is -4.28. The predicted octanol–water partition coefficient (Wildman–Crippen LogP) is 5.28. The molecule has 6 rings (SSSR count). The van der Waals surface area contributed by atoms with Crippen molar-refractivity contribution in [3.8, 4) is 23.0 Å². The van der Waals surface area contributed by atoms with Crippen LogP contribution in [0.15, 0.2) is 60.7 Å². The number of benzene rings is 3. The summed E-state index contributed by atoms with van der Waals surface area (Å²) < 4.78 is 23.3. The minimum absolute atomic E-state index is 0.0290. The fourth-order valence-corrected chi connectivity index (χ4v) is 7.17. The minimum atomic E-state index is -0.874. The zero-order chi connectivity index (χ0) is 33.1. The molecule has 1 saturated heterocycles. The van der Waals surface area contributed by atoms with Crippen LogP contribution in [0.3, 0.4) is 0 Å². The fraction of sp³-hybridized carbons (Fsp3) is 0.459. The van der Waals surface area contributed by atoms with E-state index in [1.165, 1.54) is 5.56 Å². The van der Waals surface area contributed by atoms with Gasteiger partial charge in [0.05, 0.1) is 33.6 Å². The van der Waals surface area contributed by atoms with Gasteiger partial charge in [0.15, 0.2) is 23.0 Å². The molecule has 1 N–H and O–H groups in total. The Bertz CT molecular complexity index is 1600. The first-order valence-corrected chi connectivity index (χ1v) is 16.5. The van der Waals surface area contributed by atoms with Crippen molar-refractivity contribution in [2.45, 2.75) is 51.1 Å². The van der Waals surface area contributed by atoms with E-state index in [2.05, 4.69) is 45.1 Å². The number of likely N-dealkylation sites (tertiary alicyclic amines) is 1. The molecular formula is C37H46N3O7+. The highest BCUT2D eigenvalue weighted by molar-refractivity contribution is 5.95. The predicted molar refractivity (Wildman–Crippen MR) is 178 cm³/mol. The van der Waals surface area contributed by atoms with E-state index >= 15 is 0 Å². The number of carbonyl (C=O) groups excluding carboxylic acids is 1. The van der Waals surface area contributed by atoms with E-state index in [9.17, 15) is 14.7 Å². The normalized spacial score (nSPS) is 20.0. The molecule has 0 saturated carbocycles. The summed E-state index contributed by atoms with van der Waals surface area (Å²) in [5.74, 6) is 0.724. The monoisotopic (exact) mass is 644 g/mol. The molecule has 3 heterocycles. The maximum Gasteiger partial charge on any atom is 0.308 e. The molecule has 0 aromatic heterocycles. The first-order valence-electron chi connectivity index (χ1n) is 16.5. The number of hydrogen-bond donors (Lipinski definition) is 1. The molecular weight excluding hydrogens is 598 g/mol. The molecule has 3 atom stereocenters. The van der Waals surface area contributed by atoms with E-state index in [0.29, 0.717) is 48.9 Å². The Morgan fingerprint density at radius 1 is 0.936 bits per heavy atom. The van der Waals surface area contributed by atoms with Gasteiger partial charge < -0.3 is 33.4 Å². The van der Waals surface area contributed by atoms with Gasteiger partial charge in [0, 0.05) is 36.3 Å². The van der Waals surface area contributed by atoms with E-state index in [4.69, 9.17) is 18.9 Å². The molecule has 3 aliphatic heterocycles. The fourth-order valence-electron chi connectivity index (χ4n) is 7.17. The maximum absolute atomic E-state index is 14.3. The molecule has 0 spiro atoms. The van der Waals surface area contributed by atoms with Crippen molar-refractivity contribution in [3.05, 3.63) is 77.4 Å². The van der Waals surface area contributed by atoms with Gasteiger partial charge in [-0.3, -0.25) is 14.5 Å². The summed E-state index contributed by atoms with van der Waals surface area (Å²) >= 11 is 0. The number of rotatable bonds is 13. The van der Waals surface area contributed by atoms with Crippen LogP contribution in [-0.4, -0.2) is 86.8 Å². The number of carboxylic acid groups (broad SMARTS) is 1. The number of fused-ring (bicyclic) bond motifs is 2. The van der Waals surface area contributed by atoms with Gasteiger partial charge in [0.1, 0.15) is 6.54 Å². The zero-order valence-corrected chi connectivity index (χ0v) is 27.8. The highest BCUT2D eigenvalue weighted by Gasteiger charge is 2.47. The Labute approximate surface area is 277 Å². The van der Waals surface area contributed by atoms with E-state index in [1.807, 2.05) is 53.4 Å². The largest absolute Gasteiger partial charge is 0.481 e. The average Bonchev–Trinajstić information content (AvgIpc) is 3.78. The quantitative estimate of drug-likeness (QED) is 0.251. The lowest BCUT2D eigenvalue weighted by Gasteiger charge is -2.30. The molecule has 0 bridgehead atoms. The number of anilines is 1. The topological polar surface area (TPSA) is 97.8 Å². The SMILES string of the molecule is CCCCN(C(=O)CN1C[C@H](c2ccc3c(c2)OCO3)[C@@H](C(=O)O)[C@@H]1CCc1cccc2c1OCO2)c1cccc(C[N+](C)(C)C)c1. The Kier molecular flexibility index (Phi) is 9.61. The van der Waals surface area contributed by atoms with Crippen LogP contribution in [0.1, 0.15) is 48.8 Å². The van der Waals surface area contributed by atoms with E-state index in [-0.39, 0.29) is 38.0 Å². The molecule has 0 radical (unpaired) electrons. The second kappa shape index (κ2) is 13.8. The molecule has 3 aliphatic rings. The molecule has 1 fully saturated rings. The van der Waals surface area contributed by atoms with Crippen LogP contribution in [0, 0.1) is 5.92 Å². The van der Waals surface area contributed by atoms with Gasteiger partial charge in [-0.05, 0) is 60.7 Å². The summed E-state index contributed by atoms with van der Waals surface area (Å²) in [5, 5.41) is 10.7. The molecule has 0 unspecified atom stereocenters. The number of ether oxygens (including phenoxy) is 4. The highest BCUT2D eigenvalue weighted by atomic mass is 16.7. The molecule has 1 amide bonds. The average molecular weight is 645 g/mol. The second-order valence-electron chi connectivity index (χ2n) is 13.8. The van der Waals surface area contributed by atoms with Gasteiger partial charge in [-0.25, -0.2) is 0 Å². The number of aryl methyl sites for hydroxylation is 1. The van der Waals surface area contributed by atoms with E-state index in [0.717, 1.165) is 40.7 Å². The summed E-state index contributed by atoms with van der Waals surface area (Å²) in [4.78, 5) is 31.4. The number of carboxylic acids is 1. The Balaban J connectivity index is 1.30. The van der Waals surface area contributed by atoms with E-state index < -0.39 is 11.9 Å². The van der Waals surface area contributed by atoms with Gasteiger partial charge in [-0.2, -0.15) is 0 Å². The van der Waals surface area contributed by atoms with Gasteiger partial charge in [-0.1, -0.05) is 43.7 Å². The van der Waals surface area contributed by atoms with Crippen molar-refractivity contribution in [3.63, 3.8) is 0 Å². The summed E-state index contributed by atoms with van der Waals surface area (Å²) in [6.45, 7) is 4.43. The Morgan fingerprint density at radius 2 is 1.70 bits per heavy atom. The zero-order valence-electron chi connectivity index (χ0n) is 27.8. The minimum Gasteiger partial charge on any atom is -0.481 e. The maximum atomic E-state index is 14.3. The molecule has 0 aliphatic carbocycles. The third-order valence-corrected chi connectivity index (χ3v) is 9.30. The van der Waals surface area contributed by atoms with Crippen LogP contribution in [0.5, 0.6) is 23.0 Å². The smallest absolute Gasteiger partial charge is 0.308 e. The van der Waals surface area contributed by atoms with Crippen molar-refractivity contribution < 1.29 is 38.1 Å². The second-order valence-corrected chi connectivity index (χ2v) is 13.8. The van der Waals surface area contributed by atoms with E-state index in [1.54, 1.807) is 0 Å². The lowest BCUT2D eigenvalue weighted by Crippen LogP contribution is -2.44. The number of quaternary nitrogens is 1. The lowest BCUT2D eigenvalue weighted by atomic mass is 9.83. The molecule has 10 heteroatoms. The van der Waals surface area contributed by atoms with Crippen molar-refractivity contribution in [1.82, 2.24) is 4.90 Å². The van der Waals surface area contributed by atoms with Crippen molar-refractivity contribution >= 4 is 17.6 Å². The van der Waals surface area contributed by atoms with Crippen LogP contribution < -0.4 is 23.8 Å². The van der Waals surface area contributed by atoms with Gasteiger partial charge >= 0.3 is 5.97 Å². The first-order chi connectivity index (χ1) is 22.6.